The Hall–Kier alpha value is -3.59. The van der Waals surface area contributed by atoms with Gasteiger partial charge in [0.1, 0.15) is 23.5 Å². The van der Waals surface area contributed by atoms with E-state index in [0.29, 0.717) is 12.2 Å². The van der Waals surface area contributed by atoms with Crippen LogP contribution in [0.5, 0.6) is 5.75 Å². The number of carbonyl (C=O) groups is 3. The highest BCUT2D eigenvalue weighted by Crippen LogP contribution is 2.42. The Bertz CT molecular complexity index is 1190. The molecule has 0 aliphatic carbocycles. The van der Waals surface area contributed by atoms with E-state index < -0.39 is 29.8 Å². The van der Waals surface area contributed by atoms with Gasteiger partial charge in [0.05, 0.1) is 19.6 Å². The maximum absolute atomic E-state index is 12.8. The number of esters is 1. The number of rotatable bonds is 8. The van der Waals surface area contributed by atoms with Crippen LogP contribution in [0.25, 0.3) is 11.1 Å². The Kier molecular flexibility index (Phi) is 8.26. The number of amides is 2. The van der Waals surface area contributed by atoms with Gasteiger partial charge in [-0.2, -0.15) is 0 Å². The highest BCUT2D eigenvalue weighted by molar-refractivity contribution is 6.05. The highest BCUT2D eigenvalue weighted by atomic mass is 16.6. The van der Waals surface area contributed by atoms with Crippen LogP contribution in [0.4, 0.5) is 10.5 Å². The minimum Gasteiger partial charge on any atom is -0.488 e. The number of benzene rings is 2. The van der Waals surface area contributed by atoms with E-state index in [2.05, 4.69) is 10.6 Å². The Morgan fingerprint density at radius 1 is 1.16 bits per heavy atom. The molecule has 0 aromatic heterocycles. The van der Waals surface area contributed by atoms with Gasteiger partial charge in [0.15, 0.2) is 0 Å². The summed E-state index contributed by atoms with van der Waals surface area (Å²) < 4.78 is 16.7. The molecule has 2 aromatic rings. The van der Waals surface area contributed by atoms with Crippen molar-refractivity contribution in [3.8, 4) is 16.9 Å². The molecule has 2 aliphatic heterocycles. The maximum atomic E-state index is 12.8. The number of ether oxygens (including phenoxy) is 3. The molecule has 4 rings (SSSR count). The molecular formula is C29H37N3O6. The number of fused-ring (bicyclic) bond motifs is 1. The summed E-state index contributed by atoms with van der Waals surface area (Å²) in [6.07, 6.45) is 0.950. The Morgan fingerprint density at radius 3 is 2.63 bits per heavy atom. The molecule has 2 amide bonds. The number of carbonyl (C=O) groups excluding carboxylic acids is 3. The molecule has 2 N–H and O–H groups in total. The fraction of sp³-hybridized carbons (Fsp3) is 0.483. The van der Waals surface area contributed by atoms with Crippen LogP contribution < -0.4 is 15.4 Å². The molecule has 0 saturated carbocycles. The number of nitrogens with one attached hydrogen (secondary N) is 2. The Balaban J connectivity index is 1.55. The first-order valence-electron chi connectivity index (χ1n) is 13.0. The summed E-state index contributed by atoms with van der Waals surface area (Å²) in [6, 6.07) is 12.8. The van der Waals surface area contributed by atoms with Gasteiger partial charge in [-0.3, -0.25) is 9.69 Å². The lowest BCUT2D eigenvalue weighted by molar-refractivity contribution is -0.145. The summed E-state index contributed by atoms with van der Waals surface area (Å²) in [5.41, 5.74) is 3.07. The smallest absolute Gasteiger partial charge is 0.411 e. The quantitative estimate of drug-likeness (QED) is 0.392. The molecule has 1 saturated heterocycles. The second-order valence-electron chi connectivity index (χ2n) is 10.7. The van der Waals surface area contributed by atoms with Crippen molar-refractivity contribution in [3.05, 3.63) is 48.0 Å². The summed E-state index contributed by atoms with van der Waals surface area (Å²) in [4.78, 5) is 39.3. The van der Waals surface area contributed by atoms with Gasteiger partial charge in [-0.15, -0.1) is 0 Å². The number of hydrogen-bond acceptors (Lipinski definition) is 7. The third-order valence-corrected chi connectivity index (χ3v) is 6.76. The van der Waals surface area contributed by atoms with Crippen LogP contribution in [0.3, 0.4) is 0 Å². The molecule has 9 nitrogen and oxygen atoms in total. The predicted molar refractivity (Wildman–Crippen MR) is 144 cm³/mol. The first kappa shape index (κ1) is 27.4. The average molecular weight is 524 g/mol. The van der Waals surface area contributed by atoms with Crippen LogP contribution in [0.2, 0.25) is 0 Å². The van der Waals surface area contributed by atoms with E-state index in [1.165, 1.54) is 12.0 Å². The topological polar surface area (TPSA) is 106 Å². The van der Waals surface area contributed by atoms with Crippen LogP contribution in [-0.2, 0) is 19.1 Å². The number of likely N-dealkylation sites (tertiary alicyclic amines) is 1. The molecule has 0 radical (unpaired) electrons. The zero-order chi connectivity index (χ0) is 27.4. The molecule has 0 spiro atoms. The molecule has 9 heteroatoms. The normalized spacial score (nSPS) is 20.6. The lowest BCUT2D eigenvalue weighted by Gasteiger charge is -2.27. The summed E-state index contributed by atoms with van der Waals surface area (Å²) >= 11 is 0. The molecule has 2 aromatic carbocycles. The van der Waals surface area contributed by atoms with E-state index in [1.807, 2.05) is 49.5 Å². The lowest BCUT2D eigenvalue weighted by Crippen LogP contribution is -2.44. The monoisotopic (exact) mass is 523 g/mol. The fourth-order valence-corrected chi connectivity index (χ4v) is 5.10. The lowest BCUT2D eigenvalue weighted by atomic mass is 9.88. The van der Waals surface area contributed by atoms with Crippen LogP contribution in [-0.4, -0.2) is 67.9 Å². The zero-order valence-corrected chi connectivity index (χ0v) is 22.7. The van der Waals surface area contributed by atoms with E-state index in [-0.39, 0.29) is 18.4 Å². The molecule has 1 unspecified atom stereocenters. The minimum atomic E-state index is -0.782. The average Bonchev–Trinajstić information content (AvgIpc) is 3.43. The van der Waals surface area contributed by atoms with Crippen molar-refractivity contribution in [2.45, 2.75) is 63.7 Å². The molecule has 3 atom stereocenters. The van der Waals surface area contributed by atoms with E-state index in [1.54, 1.807) is 20.8 Å². The summed E-state index contributed by atoms with van der Waals surface area (Å²) in [5.74, 6) is -0.0732. The van der Waals surface area contributed by atoms with Gasteiger partial charge in [-0.05, 0) is 82.1 Å². The molecule has 38 heavy (non-hydrogen) atoms. The number of anilines is 1. The number of nitrogens with zero attached hydrogens (tertiary/aromatic N) is 1. The fourth-order valence-electron chi connectivity index (χ4n) is 5.10. The van der Waals surface area contributed by atoms with E-state index in [0.717, 1.165) is 41.8 Å². The second-order valence-corrected chi connectivity index (χ2v) is 10.7. The maximum Gasteiger partial charge on any atom is 0.411 e. The number of hydrogen-bond donors (Lipinski definition) is 2. The van der Waals surface area contributed by atoms with Crippen LogP contribution in [0, 0.1) is 0 Å². The SMILES string of the molecule is CNCCCC1C(=O)Nc2cccc(-c3cccc(O[C@H]4C[C@@H](C(=O)OC)N(C(=O)OC(C)(C)C)C4)c3)c21. The van der Waals surface area contributed by atoms with Crippen LogP contribution in [0.1, 0.15) is 51.5 Å². The van der Waals surface area contributed by atoms with Gasteiger partial charge in [0.25, 0.3) is 0 Å². The van der Waals surface area contributed by atoms with Crippen LogP contribution >= 0.6 is 0 Å². The molecule has 2 heterocycles. The van der Waals surface area contributed by atoms with Gasteiger partial charge < -0.3 is 24.8 Å². The third-order valence-electron chi connectivity index (χ3n) is 6.76. The first-order chi connectivity index (χ1) is 18.1. The molecule has 2 aliphatic rings. The van der Waals surface area contributed by atoms with E-state index in [9.17, 15) is 14.4 Å². The van der Waals surface area contributed by atoms with Crippen molar-refractivity contribution in [1.29, 1.82) is 0 Å². The predicted octanol–water partition coefficient (Wildman–Crippen LogP) is 4.32. The van der Waals surface area contributed by atoms with E-state index >= 15 is 0 Å². The van der Waals surface area contributed by atoms with Gasteiger partial charge >= 0.3 is 12.1 Å². The Morgan fingerprint density at radius 2 is 1.92 bits per heavy atom. The minimum absolute atomic E-state index is 0.0259. The van der Waals surface area contributed by atoms with Crippen molar-refractivity contribution in [2.24, 2.45) is 0 Å². The van der Waals surface area contributed by atoms with Crippen molar-refractivity contribution >= 4 is 23.7 Å². The van der Waals surface area contributed by atoms with Gasteiger partial charge in [-0.25, -0.2) is 9.59 Å². The standard InChI is InChI=1S/C29H37N3O6/c1-29(2,3)38-28(35)32-17-20(16-24(32)27(34)36-5)37-19-10-6-9-18(15-19)21-11-7-13-23-25(21)22(26(33)31-23)12-8-14-30-4/h6-7,9-11,13,15,20,22,24,30H,8,12,14,16-17H2,1-5H3,(H,31,33)/t20-,22?,24-/m0/s1. The second kappa shape index (κ2) is 11.4. The van der Waals surface area contributed by atoms with E-state index in [4.69, 9.17) is 14.2 Å². The van der Waals surface area contributed by atoms with Crippen LogP contribution in [0.15, 0.2) is 42.5 Å². The summed E-state index contributed by atoms with van der Waals surface area (Å²) in [5, 5.41) is 6.17. The summed E-state index contributed by atoms with van der Waals surface area (Å²) in [7, 11) is 3.21. The Labute approximate surface area is 223 Å². The van der Waals surface area contributed by atoms with Crippen molar-refractivity contribution in [3.63, 3.8) is 0 Å². The van der Waals surface area contributed by atoms with Crippen molar-refractivity contribution in [1.82, 2.24) is 10.2 Å². The largest absolute Gasteiger partial charge is 0.488 e. The molecule has 0 bridgehead atoms. The van der Waals surface area contributed by atoms with Gasteiger partial charge in [0, 0.05) is 12.1 Å². The number of methoxy groups -OCH3 is 1. The third kappa shape index (κ3) is 6.10. The van der Waals surface area contributed by atoms with Gasteiger partial charge in [-0.1, -0.05) is 24.3 Å². The van der Waals surface area contributed by atoms with Gasteiger partial charge in [0.2, 0.25) is 5.91 Å². The first-order valence-corrected chi connectivity index (χ1v) is 13.0. The summed E-state index contributed by atoms with van der Waals surface area (Å²) in [6.45, 7) is 6.39. The molecular weight excluding hydrogens is 486 g/mol. The van der Waals surface area contributed by atoms with Crippen molar-refractivity contribution < 1.29 is 28.6 Å². The molecule has 1 fully saturated rings. The highest BCUT2D eigenvalue weighted by Gasteiger charge is 2.43. The zero-order valence-electron chi connectivity index (χ0n) is 22.7. The van der Waals surface area contributed by atoms with Crippen molar-refractivity contribution in [2.75, 3.05) is 32.6 Å². The molecule has 204 valence electrons.